The van der Waals surface area contributed by atoms with Crippen molar-refractivity contribution in [2.45, 2.75) is 51.9 Å². The van der Waals surface area contributed by atoms with Crippen molar-refractivity contribution in [1.82, 2.24) is 0 Å². The van der Waals surface area contributed by atoms with Gasteiger partial charge in [0.15, 0.2) is 0 Å². The largest absolute Gasteiger partial charge is 0.507 e. The van der Waals surface area contributed by atoms with Crippen LogP contribution in [-0.4, -0.2) is 16.2 Å². The Bertz CT molecular complexity index is 385. The molecule has 0 bridgehead atoms. The summed E-state index contributed by atoms with van der Waals surface area (Å²) in [6.07, 6.45) is 7.88. The summed E-state index contributed by atoms with van der Waals surface area (Å²) in [6.45, 7) is 2.19. The van der Waals surface area contributed by atoms with Crippen LogP contribution in [0.15, 0.2) is 18.2 Å². The standard InChI is InChI=1S/C15H22O3/c1-2-3-4-5-6-7-9-12-10-8-11-13(14(12)16)15(17)18/h8,10-11,16H,2-7,9H2,1H3,(H,17,18). The van der Waals surface area contributed by atoms with E-state index in [2.05, 4.69) is 6.92 Å². The first-order valence-electron chi connectivity index (χ1n) is 6.71. The predicted molar refractivity (Wildman–Crippen MR) is 72.1 cm³/mol. The molecule has 0 aromatic heterocycles. The molecule has 0 unspecified atom stereocenters. The Morgan fingerprint density at radius 1 is 1.11 bits per heavy atom. The lowest BCUT2D eigenvalue weighted by atomic mass is 10.0. The molecule has 0 atom stereocenters. The van der Waals surface area contributed by atoms with Gasteiger partial charge in [-0.15, -0.1) is 0 Å². The first-order valence-corrected chi connectivity index (χ1v) is 6.71. The second kappa shape index (κ2) is 7.75. The van der Waals surface area contributed by atoms with Crippen molar-refractivity contribution in [3.8, 4) is 5.75 Å². The highest BCUT2D eigenvalue weighted by atomic mass is 16.4. The van der Waals surface area contributed by atoms with Gasteiger partial charge < -0.3 is 10.2 Å². The summed E-state index contributed by atoms with van der Waals surface area (Å²) in [5.41, 5.74) is 0.740. The van der Waals surface area contributed by atoms with Crippen LogP contribution in [0.3, 0.4) is 0 Å². The summed E-state index contributed by atoms with van der Waals surface area (Å²) >= 11 is 0. The fourth-order valence-corrected chi connectivity index (χ4v) is 2.06. The molecule has 18 heavy (non-hydrogen) atoms. The lowest BCUT2D eigenvalue weighted by Crippen LogP contribution is -1.99. The number of para-hydroxylation sites is 1. The Hall–Kier alpha value is -1.51. The van der Waals surface area contributed by atoms with E-state index in [1.807, 2.05) is 0 Å². The molecule has 2 N–H and O–H groups in total. The normalized spacial score (nSPS) is 10.5. The summed E-state index contributed by atoms with van der Waals surface area (Å²) in [5, 5.41) is 18.7. The molecule has 0 saturated heterocycles. The van der Waals surface area contributed by atoms with Gasteiger partial charge in [0.25, 0.3) is 0 Å². The number of aromatic hydroxyl groups is 1. The lowest BCUT2D eigenvalue weighted by Gasteiger charge is -2.07. The minimum Gasteiger partial charge on any atom is -0.507 e. The van der Waals surface area contributed by atoms with E-state index in [0.29, 0.717) is 0 Å². The minimum absolute atomic E-state index is 0.00140. The van der Waals surface area contributed by atoms with E-state index >= 15 is 0 Å². The fourth-order valence-electron chi connectivity index (χ4n) is 2.06. The number of carboxylic acid groups (broad SMARTS) is 1. The van der Waals surface area contributed by atoms with Gasteiger partial charge in [-0.3, -0.25) is 0 Å². The smallest absolute Gasteiger partial charge is 0.339 e. The summed E-state index contributed by atoms with van der Waals surface area (Å²) < 4.78 is 0. The van der Waals surface area contributed by atoms with Gasteiger partial charge in [-0.05, 0) is 24.5 Å². The van der Waals surface area contributed by atoms with E-state index in [4.69, 9.17) is 5.11 Å². The van der Waals surface area contributed by atoms with E-state index in [-0.39, 0.29) is 11.3 Å². The molecular formula is C15H22O3. The van der Waals surface area contributed by atoms with Crippen LogP contribution < -0.4 is 0 Å². The topological polar surface area (TPSA) is 57.5 Å². The maximum absolute atomic E-state index is 10.9. The molecule has 3 heteroatoms. The SMILES string of the molecule is CCCCCCCCc1cccc(C(=O)O)c1O. The molecule has 0 aliphatic rings. The van der Waals surface area contributed by atoms with Gasteiger partial charge in [-0.25, -0.2) is 4.79 Å². The predicted octanol–water partition coefficient (Wildman–Crippen LogP) is 3.99. The van der Waals surface area contributed by atoms with E-state index in [1.165, 1.54) is 31.7 Å². The average Bonchev–Trinajstić information content (AvgIpc) is 2.35. The Balaban J connectivity index is 2.43. The third-order valence-corrected chi connectivity index (χ3v) is 3.15. The van der Waals surface area contributed by atoms with Gasteiger partial charge in [0.1, 0.15) is 11.3 Å². The van der Waals surface area contributed by atoms with E-state index in [1.54, 1.807) is 12.1 Å². The molecule has 0 heterocycles. The molecule has 0 radical (unpaired) electrons. The monoisotopic (exact) mass is 250 g/mol. The van der Waals surface area contributed by atoms with Crippen molar-refractivity contribution in [1.29, 1.82) is 0 Å². The van der Waals surface area contributed by atoms with Crippen LogP contribution >= 0.6 is 0 Å². The average molecular weight is 250 g/mol. The number of rotatable bonds is 8. The van der Waals surface area contributed by atoms with Gasteiger partial charge in [0.05, 0.1) is 0 Å². The second-order valence-corrected chi connectivity index (χ2v) is 4.64. The van der Waals surface area contributed by atoms with Gasteiger partial charge in [-0.1, -0.05) is 51.2 Å². The molecule has 1 rings (SSSR count). The van der Waals surface area contributed by atoms with Crippen LogP contribution in [0.2, 0.25) is 0 Å². The highest BCUT2D eigenvalue weighted by molar-refractivity contribution is 5.91. The molecule has 0 saturated carbocycles. The maximum Gasteiger partial charge on any atom is 0.339 e. The van der Waals surface area contributed by atoms with E-state index in [9.17, 15) is 9.90 Å². The highest BCUT2D eigenvalue weighted by Gasteiger charge is 2.12. The number of phenols is 1. The Labute approximate surface area is 108 Å². The van der Waals surface area contributed by atoms with Crippen molar-refractivity contribution in [2.75, 3.05) is 0 Å². The van der Waals surface area contributed by atoms with Crippen molar-refractivity contribution in [3.05, 3.63) is 29.3 Å². The molecule has 0 spiro atoms. The van der Waals surface area contributed by atoms with Crippen LogP contribution in [0.1, 0.15) is 61.4 Å². The van der Waals surface area contributed by atoms with Crippen LogP contribution in [-0.2, 0) is 6.42 Å². The molecule has 1 aromatic carbocycles. The van der Waals surface area contributed by atoms with Gasteiger partial charge in [-0.2, -0.15) is 0 Å². The van der Waals surface area contributed by atoms with Gasteiger partial charge >= 0.3 is 5.97 Å². The molecule has 1 aromatic rings. The quantitative estimate of drug-likeness (QED) is 0.686. The van der Waals surface area contributed by atoms with Crippen molar-refractivity contribution < 1.29 is 15.0 Å². The Morgan fingerprint density at radius 2 is 1.78 bits per heavy atom. The Kier molecular flexibility index (Phi) is 6.26. The molecule has 3 nitrogen and oxygen atoms in total. The van der Waals surface area contributed by atoms with E-state index < -0.39 is 5.97 Å². The van der Waals surface area contributed by atoms with Crippen LogP contribution in [0, 0.1) is 0 Å². The number of hydrogen-bond donors (Lipinski definition) is 2. The van der Waals surface area contributed by atoms with Crippen molar-refractivity contribution in [2.24, 2.45) is 0 Å². The second-order valence-electron chi connectivity index (χ2n) is 4.64. The lowest BCUT2D eigenvalue weighted by molar-refractivity contribution is 0.0693. The third-order valence-electron chi connectivity index (χ3n) is 3.15. The molecule has 0 aliphatic carbocycles. The van der Waals surface area contributed by atoms with Crippen LogP contribution in [0.25, 0.3) is 0 Å². The van der Waals surface area contributed by atoms with Crippen molar-refractivity contribution >= 4 is 5.97 Å². The zero-order valence-corrected chi connectivity index (χ0v) is 11.0. The minimum atomic E-state index is -1.07. The number of carboxylic acids is 1. The first kappa shape index (κ1) is 14.6. The third kappa shape index (κ3) is 4.40. The van der Waals surface area contributed by atoms with Gasteiger partial charge in [0.2, 0.25) is 0 Å². The zero-order valence-electron chi connectivity index (χ0n) is 11.0. The van der Waals surface area contributed by atoms with Crippen LogP contribution in [0.4, 0.5) is 0 Å². The number of hydrogen-bond acceptors (Lipinski definition) is 2. The van der Waals surface area contributed by atoms with Gasteiger partial charge in [0, 0.05) is 0 Å². The molecular weight excluding hydrogens is 228 g/mol. The molecule has 0 fully saturated rings. The number of aryl methyl sites for hydroxylation is 1. The maximum atomic E-state index is 10.9. The van der Waals surface area contributed by atoms with Crippen molar-refractivity contribution in [3.63, 3.8) is 0 Å². The first-order chi connectivity index (χ1) is 8.66. The summed E-state index contributed by atoms with van der Waals surface area (Å²) in [6, 6.07) is 4.92. The van der Waals surface area contributed by atoms with Crippen LogP contribution in [0.5, 0.6) is 5.75 Å². The molecule has 0 aliphatic heterocycles. The number of carbonyl (C=O) groups is 1. The summed E-state index contributed by atoms with van der Waals surface area (Å²) in [7, 11) is 0. The number of benzene rings is 1. The fraction of sp³-hybridized carbons (Fsp3) is 0.533. The number of aromatic carboxylic acids is 1. The number of unbranched alkanes of at least 4 members (excludes halogenated alkanes) is 5. The molecule has 100 valence electrons. The Morgan fingerprint density at radius 3 is 2.44 bits per heavy atom. The zero-order chi connectivity index (χ0) is 13.4. The van der Waals surface area contributed by atoms with E-state index in [0.717, 1.165) is 24.8 Å². The highest BCUT2D eigenvalue weighted by Crippen LogP contribution is 2.24. The molecule has 0 amide bonds. The summed E-state index contributed by atoms with van der Waals surface area (Å²) in [5.74, 6) is -1.14. The summed E-state index contributed by atoms with van der Waals surface area (Å²) in [4.78, 5) is 10.9.